The summed E-state index contributed by atoms with van der Waals surface area (Å²) in [6.45, 7) is 7.63. The van der Waals surface area contributed by atoms with Gasteiger partial charge in [0.15, 0.2) is 43.3 Å². The Bertz CT molecular complexity index is 2950. The van der Waals surface area contributed by atoms with Crippen LogP contribution in [0.4, 0.5) is 0 Å². The minimum absolute atomic E-state index is 0.0581. The summed E-state index contributed by atoms with van der Waals surface area (Å²) in [5.41, 5.74) is -0.499. The Balaban J connectivity index is 0.000000188. The van der Waals surface area contributed by atoms with Crippen LogP contribution in [0.1, 0.15) is 24.4 Å². The van der Waals surface area contributed by atoms with E-state index in [1.54, 1.807) is 51.2 Å². The number of imidazole rings is 3. The van der Waals surface area contributed by atoms with Gasteiger partial charge >= 0.3 is 17.1 Å². The first kappa shape index (κ1) is 43.4. The van der Waals surface area contributed by atoms with E-state index < -0.39 is 32.9 Å². The van der Waals surface area contributed by atoms with Gasteiger partial charge in [-0.05, 0) is 27.7 Å². The Morgan fingerprint density at radius 3 is 1.29 bits per heavy atom. The van der Waals surface area contributed by atoms with Crippen LogP contribution in [0, 0.1) is 20.8 Å². The number of aryl methyl sites for hydroxylation is 7. The molecular weight excluding hydrogens is 777 g/mol. The van der Waals surface area contributed by atoms with Gasteiger partial charge in [-0.25, -0.2) is 37.8 Å². The van der Waals surface area contributed by atoms with Crippen molar-refractivity contribution in [3.05, 3.63) is 80.0 Å². The number of rotatable bonds is 9. The number of fused-ring (bicyclic) bond motifs is 3. The number of ether oxygens (including phenoxy) is 2. The number of methoxy groups -OCH3 is 2. The lowest BCUT2D eigenvalue weighted by Gasteiger charge is -2.09. The molecule has 0 bridgehead atoms. The quantitative estimate of drug-likeness (QED) is 0.119. The first-order chi connectivity index (χ1) is 26.2. The molecule has 0 aliphatic carbocycles. The van der Waals surface area contributed by atoms with E-state index in [0.29, 0.717) is 52.3 Å². The highest BCUT2D eigenvalue weighted by atomic mass is 32.2. The van der Waals surface area contributed by atoms with E-state index in [-0.39, 0.29) is 33.7 Å². The lowest BCUT2D eigenvalue weighted by molar-refractivity contribution is 0.249. The number of sulfone groups is 1. The number of nitrogens with zero attached hydrogens (tertiary/aromatic N) is 12. The summed E-state index contributed by atoms with van der Waals surface area (Å²) < 4.78 is 45.3. The monoisotopic (exact) mass is 822 g/mol. The van der Waals surface area contributed by atoms with Crippen LogP contribution in [0.25, 0.3) is 33.5 Å². The SMILES string of the molecule is CCn1c(=O)n(C)c(=O)c2c1nc(C)n2C.COCS(=O)(=O)Cn1c(=O)n(C)c(=O)c2c1nc(C)n2C.COCSCn1c(=O)n(C)c(=O)c2c1nc(C)n2C. The molecule has 0 fully saturated rings. The van der Waals surface area contributed by atoms with Crippen LogP contribution in [-0.2, 0) is 79.9 Å². The lowest BCUT2D eigenvalue weighted by atomic mass is 10.5. The third-order valence-corrected chi connectivity index (χ3v) is 11.2. The molecule has 0 aromatic carbocycles. The van der Waals surface area contributed by atoms with Crippen molar-refractivity contribution in [2.75, 3.05) is 26.1 Å². The summed E-state index contributed by atoms with van der Waals surface area (Å²) in [5, 5.41) is 0. The van der Waals surface area contributed by atoms with Crippen molar-refractivity contribution in [3.63, 3.8) is 0 Å². The Morgan fingerprint density at radius 2 is 0.911 bits per heavy atom. The molecule has 0 aliphatic rings. The van der Waals surface area contributed by atoms with E-state index in [1.165, 1.54) is 53.7 Å². The van der Waals surface area contributed by atoms with Crippen molar-refractivity contribution in [3.8, 4) is 0 Å². The predicted molar refractivity (Wildman–Crippen MR) is 211 cm³/mol. The Morgan fingerprint density at radius 1 is 0.554 bits per heavy atom. The maximum Gasteiger partial charge on any atom is 0.333 e. The normalized spacial score (nSPS) is 11.6. The van der Waals surface area contributed by atoms with E-state index in [1.807, 2.05) is 13.8 Å². The Labute approximate surface area is 322 Å². The molecule has 6 rings (SSSR count). The topological polar surface area (TPSA) is 238 Å². The van der Waals surface area contributed by atoms with Crippen molar-refractivity contribution >= 4 is 55.1 Å². The van der Waals surface area contributed by atoms with Crippen molar-refractivity contribution in [1.82, 2.24) is 56.1 Å². The summed E-state index contributed by atoms with van der Waals surface area (Å²) in [6, 6.07) is 0. The molecule has 56 heavy (non-hydrogen) atoms. The number of aromatic nitrogens is 12. The highest BCUT2D eigenvalue weighted by molar-refractivity contribution is 7.98. The standard InChI is InChI=1S/C11H16N4O5S.C11H16N4O3S.C10H14N4O2/c1-7-12-9-8(13(7)2)10(16)14(3)11(17)15(9)5-21(18,19)6-20-4;1-7-12-9-8(13(7)2)10(16)14(3)11(17)15(9)5-19-6-18-4;1-5-14-8-7(12(3)6(2)11-8)9(15)13(4)10(14)16/h5-6H2,1-4H3;5-6H2,1-4H3;5H2,1-4H3. The average molecular weight is 823 g/mol. The zero-order valence-corrected chi connectivity index (χ0v) is 34.9. The molecule has 0 aliphatic heterocycles. The molecule has 0 atom stereocenters. The van der Waals surface area contributed by atoms with E-state index >= 15 is 0 Å². The van der Waals surface area contributed by atoms with Gasteiger partial charge in [-0.1, -0.05) is 0 Å². The van der Waals surface area contributed by atoms with Gasteiger partial charge in [0.1, 0.15) is 29.3 Å². The molecule has 6 aromatic rings. The summed E-state index contributed by atoms with van der Waals surface area (Å²) in [6.07, 6.45) is 0. The average Bonchev–Trinajstić information content (AvgIpc) is 3.73. The van der Waals surface area contributed by atoms with Crippen molar-refractivity contribution in [2.24, 2.45) is 42.3 Å². The maximum absolute atomic E-state index is 12.2. The molecule has 0 unspecified atom stereocenters. The number of hydrogen-bond donors (Lipinski definition) is 0. The second-order valence-electron chi connectivity index (χ2n) is 12.7. The first-order valence-corrected chi connectivity index (χ1v) is 19.8. The molecule has 6 aromatic heterocycles. The number of thioether (sulfide) groups is 1. The van der Waals surface area contributed by atoms with Gasteiger partial charge < -0.3 is 23.2 Å². The zero-order valence-electron chi connectivity index (χ0n) is 33.3. The van der Waals surface area contributed by atoms with Crippen LogP contribution in [0.3, 0.4) is 0 Å². The summed E-state index contributed by atoms with van der Waals surface area (Å²) in [5.74, 6) is 1.68. The fourth-order valence-electron chi connectivity index (χ4n) is 5.76. The Kier molecular flexibility index (Phi) is 13.0. The van der Waals surface area contributed by atoms with E-state index in [9.17, 15) is 37.2 Å². The van der Waals surface area contributed by atoms with Crippen molar-refractivity contribution in [1.29, 1.82) is 0 Å². The number of hydrogen-bond acceptors (Lipinski definition) is 14. The van der Waals surface area contributed by atoms with E-state index in [0.717, 1.165) is 24.1 Å². The van der Waals surface area contributed by atoms with Gasteiger partial charge in [0.2, 0.25) is 0 Å². The third kappa shape index (κ3) is 7.85. The van der Waals surface area contributed by atoms with Crippen LogP contribution >= 0.6 is 11.8 Å². The maximum atomic E-state index is 12.2. The molecule has 0 saturated carbocycles. The molecule has 0 amide bonds. The summed E-state index contributed by atoms with van der Waals surface area (Å²) >= 11 is 1.44. The van der Waals surface area contributed by atoms with Crippen molar-refractivity contribution < 1.29 is 17.9 Å². The van der Waals surface area contributed by atoms with Gasteiger partial charge in [-0.3, -0.25) is 41.8 Å². The summed E-state index contributed by atoms with van der Waals surface area (Å²) in [7, 11) is 8.62. The van der Waals surface area contributed by atoms with Gasteiger partial charge in [0.05, 0.1) is 11.8 Å². The van der Waals surface area contributed by atoms with Crippen LogP contribution in [0.2, 0.25) is 0 Å². The van der Waals surface area contributed by atoms with Gasteiger partial charge in [0.25, 0.3) is 16.7 Å². The fraction of sp³-hybridized carbons (Fsp3) is 0.531. The lowest BCUT2D eigenvalue weighted by Crippen LogP contribution is -2.40. The summed E-state index contributed by atoms with van der Waals surface area (Å²) in [4.78, 5) is 85.1. The zero-order chi connectivity index (χ0) is 42.1. The Hall–Kier alpha value is -5.33. The van der Waals surface area contributed by atoms with E-state index in [4.69, 9.17) is 4.74 Å². The fourth-order valence-corrected chi connectivity index (χ4v) is 7.47. The third-order valence-electron chi connectivity index (χ3n) is 9.10. The smallest absolute Gasteiger partial charge is 0.333 e. The van der Waals surface area contributed by atoms with E-state index in [2.05, 4.69) is 19.7 Å². The minimum atomic E-state index is -3.66. The predicted octanol–water partition coefficient (Wildman–Crippen LogP) is -1.48. The van der Waals surface area contributed by atoms with Gasteiger partial charge in [-0.2, -0.15) is 0 Å². The van der Waals surface area contributed by atoms with Crippen molar-refractivity contribution in [2.45, 2.75) is 46.0 Å². The van der Waals surface area contributed by atoms with Crippen LogP contribution in [0.5, 0.6) is 0 Å². The second kappa shape index (κ2) is 16.8. The van der Waals surface area contributed by atoms with Gasteiger partial charge in [-0.15, -0.1) is 11.8 Å². The minimum Gasteiger partial charge on any atom is -0.374 e. The van der Waals surface area contributed by atoms with Crippen LogP contribution in [-0.4, -0.2) is 90.6 Å². The molecular formula is C32H46N12O10S2. The van der Waals surface area contributed by atoms with Crippen LogP contribution in [0.15, 0.2) is 28.8 Å². The molecule has 0 radical (unpaired) electrons. The van der Waals surface area contributed by atoms with Gasteiger partial charge in [0, 0.05) is 63.1 Å². The largest absolute Gasteiger partial charge is 0.374 e. The molecule has 0 N–H and O–H groups in total. The highest BCUT2D eigenvalue weighted by Gasteiger charge is 2.22. The molecule has 0 saturated heterocycles. The second-order valence-corrected chi connectivity index (χ2v) is 15.6. The highest BCUT2D eigenvalue weighted by Crippen LogP contribution is 2.13. The molecule has 24 heteroatoms. The molecule has 6 heterocycles. The first-order valence-electron chi connectivity index (χ1n) is 16.8. The molecule has 0 spiro atoms. The molecule has 22 nitrogen and oxygen atoms in total. The van der Waals surface area contributed by atoms with Crippen LogP contribution < -0.4 is 33.7 Å². The molecule has 306 valence electrons.